The number of benzene rings is 3. The van der Waals surface area contributed by atoms with Gasteiger partial charge in [0.15, 0.2) is 44.4 Å². The van der Waals surface area contributed by atoms with E-state index in [2.05, 4.69) is 47.8 Å². The minimum Gasteiger partial charge on any atom is -0.461 e. The number of carbonyl (C=O) groups is 3. The topological polar surface area (TPSA) is 210 Å². The summed E-state index contributed by atoms with van der Waals surface area (Å²) in [4.78, 5) is 37.4. The number of nitrogens with zero attached hydrogens (tertiary/aromatic N) is 10. The number of furan rings is 3. The maximum absolute atomic E-state index is 14.4. The zero-order chi connectivity index (χ0) is 51.0. The summed E-state index contributed by atoms with van der Waals surface area (Å²) < 4.78 is 63.4. The van der Waals surface area contributed by atoms with Gasteiger partial charge in [0.1, 0.15) is 0 Å². The van der Waals surface area contributed by atoms with Crippen molar-refractivity contribution in [1.82, 2.24) is 44.3 Å². The molecular weight excluding hydrogens is 994 g/mol. The molecule has 0 aliphatic rings. The van der Waals surface area contributed by atoms with Crippen molar-refractivity contribution in [2.75, 3.05) is 28.3 Å². The molecule has 0 spiro atoms. The highest BCUT2D eigenvalue weighted by Crippen LogP contribution is 2.37. The molecule has 24 heteroatoms. The number of halogens is 3. The van der Waals surface area contributed by atoms with Crippen LogP contribution in [0.3, 0.4) is 0 Å². The molecule has 6 heterocycles. The Labute approximate surface area is 422 Å². The molecule has 3 amide bonds. The predicted octanol–water partition coefficient (Wildman–Crippen LogP) is 9.98. The van der Waals surface area contributed by atoms with E-state index in [4.69, 9.17) is 13.3 Å². The fraction of sp³-hybridized carbons (Fsp3) is 0.146. The lowest BCUT2D eigenvalue weighted by molar-refractivity contribution is -0.129. The van der Waals surface area contributed by atoms with Crippen LogP contribution in [0.5, 0.6) is 0 Å². The first-order valence-corrected chi connectivity index (χ1v) is 24.0. The molecule has 0 radical (unpaired) electrons. The highest BCUT2D eigenvalue weighted by molar-refractivity contribution is 8.01. The smallest absolute Gasteiger partial charge is 0.378 e. The first-order valence-electron chi connectivity index (χ1n) is 21.3. The number of aromatic nitrogens is 9. The molecule has 1 atom stereocenters. The van der Waals surface area contributed by atoms with Gasteiger partial charge in [-0.2, -0.15) is 8.78 Å². The molecule has 0 bridgehead atoms. The van der Waals surface area contributed by atoms with Crippen LogP contribution in [0.4, 0.5) is 30.2 Å². The molecule has 9 aromatic rings. The lowest BCUT2D eigenvalue weighted by atomic mass is 10.3. The third-order valence-corrected chi connectivity index (χ3v) is 12.6. The van der Waals surface area contributed by atoms with E-state index in [1.54, 1.807) is 96.8 Å². The van der Waals surface area contributed by atoms with Crippen LogP contribution in [0.1, 0.15) is 0 Å². The van der Waals surface area contributed by atoms with Gasteiger partial charge in [-0.05, 0) is 96.3 Å². The van der Waals surface area contributed by atoms with Crippen LogP contribution >= 0.6 is 35.3 Å². The Hall–Kier alpha value is -8.09. The minimum absolute atomic E-state index is 0.0203. The zero-order valence-electron chi connectivity index (χ0n) is 38.4. The molecule has 18 nitrogen and oxygen atoms in total. The van der Waals surface area contributed by atoms with Crippen LogP contribution in [-0.2, 0) is 35.0 Å². The van der Waals surface area contributed by atoms with E-state index in [0.717, 1.165) is 5.69 Å². The molecule has 72 heavy (non-hydrogen) atoms. The fourth-order valence-corrected chi connectivity index (χ4v) is 8.35. The van der Waals surface area contributed by atoms with Gasteiger partial charge in [-0.1, -0.05) is 72.4 Å². The van der Waals surface area contributed by atoms with E-state index < -0.39 is 22.6 Å². The Kier molecular flexibility index (Phi) is 17.7. The second kappa shape index (κ2) is 24.6. The number of hydrogen-bond donors (Lipinski definition) is 2. The third-order valence-electron chi connectivity index (χ3n) is 9.71. The third kappa shape index (κ3) is 13.4. The van der Waals surface area contributed by atoms with Gasteiger partial charge in [0, 0.05) is 44.7 Å². The van der Waals surface area contributed by atoms with Crippen LogP contribution in [0.15, 0.2) is 188 Å². The van der Waals surface area contributed by atoms with Gasteiger partial charge in [0.25, 0.3) is 5.91 Å². The molecular formula is C48H43F3N12O6S3. The van der Waals surface area contributed by atoms with Crippen molar-refractivity contribution in [1.29, 1.82) is 0 Å². The van der Waals surface area contributed by atoms with Gasteiger partial charge in [-0.25, -0.2) is 4.39 Å². The summed E-state index contributed by atoms with van der Waals surface area (Å²) in [7, 11) is 4.75. The van der Waals surface area contributed by atoms with Gasteiger partial charge in [-0.3, -0.25) is 19.0 Å². The van der Waals surface area contributed by atoms with Gasteiger partial charge >= 0.3 is 11.2 Å². The summed E-state index contributed by atoms with van der Waals surface area (Å²) in [6.45, 7) is 4.29. The fourth-order valence-electron chi connectivity index (χ4n) is 6.15. The summed E-state index contributed by atoms with van der Waals surface area (Å²) in [5.41, 5.74) is -0.105. The number of thioether (sulfide) groups is 3. The van der Waals surface area contributed by atoms with E-state index in [9.17, 15) is 27.6 Å². The maximum Gasteiger partial charge on any atom is 0.378 e. The Morgan fingerprint density at radius 3 is 1.67 bits per heavy atom. The number of allylic oxidation sites excluding steroid dienone is 1. The van der Waals surface area contributed by atoms with Crippen molar-refractivity contribution in [2.24, 2.45) is 14.1 Å². The standard InChI is InChI=1S/C17H16N4O2S.C16H15FN4O2S.C15H12F2N4O2S/c1-2-10-21-16(14-9-6-11-23-14)19-20-17(21)24-12-15(22)18-13-7-4-3-5-8-13;1-20(11-7-4-3-5-8-11)15(22)13(17)24-16-19-18-14(21(16)2)12-9-6-10-23-12;1-21-12(11-8-5-9-23-11)19-20-14(21)24-15(16,17)13(22)18-10-6-3-2-4-7-10/h2-9,11H,1,10,12H2,(H,18,22);3-10,13H,1-2H3;2-9H,1H3,(H,18,22). The average Bonchev–Trinajstić information content (AvgIpc) is 4.27. The zero-order valence-corrected chi connectivity index (χ0v) is 40.9. The van der Waals surface area contributed by atoms with Gasteiger partial charge in [-0.15, -0.1) is 37.2 Å². The molecule has 1 unspecified atom stereocenters. The molecule has 3 aromatic carbocycles. The normalized spacial score (nSPS) is 11.4. The largest absolute Gasteiger partial charge is 0.461 e. The number of nitrogens with one attached hydrogen (secondary N) is 2. The monoisotopic (exact) mass is 1040 g/mol. The van der Waals surface area contributed by atoms with E-state index >= 15 is 0 Å². The second-order valence-electron chi connectivity index (χ2n) is 14.7. The summed E-state index contributed by atoms with van der Waals surface area (Å²) in [5.74, 6) is 0.987. The van der Waals surface area contributed by atoms with Crippen molar-refractivity contribution in [3.8, 4) is 34.8 Å². The van der Waals surface area contributed by atoms with Crippen LogP contribution in [0.25, 0.3) is 34.8 Å². The van der Waals surface area contributed by atoms with Gasteiger partial charge in [0.05, 0.1) is 24.5 Å². The first-order chi connectivity index (χ1) is 34.8. The highest BCUT2D eigenvalue weighted by atomic mass is 32.2. The molecule has 2 N–H and O–H groups in total. The number of para-hydroxylation sites is 3. The van der Waals surface area contributed by atoms with Gasteiger partial charge in [0.2, 0.25) is 17.2 Å². The molecule has 0 aliphatic carbocycles. The molecule has 370 valence electrons. The van der Waals surface area contributed by atoms with Crippen LogP contribution < -0.4 is 15.5 Å². The summed E-state index contributed by atoms with van der Waals surface area (Å²) in [6, 6.07) is 36.6. The average molecular weight is 1040 g/mol. The molecule has 6 aromatic heterocycles. The maximum atomic E-state index is 14.4. The summed E-state index contributed by atoms with van der Waals surface area (Å²) in [6.07, 6.45) is 6.30. The van der Waals surface area contributed by atoms with Crippen LogP contribution in [0, 0.1) is 0 Å². The lowest BCUT2D eigenvalue weighted by Crippen LogP contribution is -2.32. The van der Waals surface area contributed by atoms with E-state index in [1.807, 2.05) is 47.0 Å². The number of amides is 3. The predicted molar refractivity (Wildman–Crippen MR) is 268 cm³/mol. The lowest BCUT2D eigenvalue weighted by Gasteiger charge is -2.18. The number of hydrogen-bond acceptors (Lipinski definition) is 15. The Morgan fingerprint density at radius 1 is 0.667 bits per heavy atom. The molecule has 0 saturated heterocycles. The SMILES string of the molecule is C=CCn1c(SCC(=O)Nc2ccccc2)nnc1-c1ccco1.CN(C(=O)C(F)Sc1nnc(-c2ccco2)n1C)c1ccccc1.Cn1c(SC(F)(F)C(=O)Nc2ccccc2)nnc1-c1ccco1. The van der Waals surface area contributed by atoms with Crippen molar-refractivity contribution < 1.29 is 40.8 Å². The van der Waals surface area contributed by atoms with Crippen molar-refractivity contribution in [3.63, 3.8) is 0 Å². The quantitative estimate of drug-likeness (QED) is 0.0642. The first kappa shape index (κ1) is 51.8. The number of anilines is 3. The van der Waals surface area contributed by atoms with Crippen LogP contribution in [0.2, 0.25) is 0 Å². The summed E-state index contributed by atoms with van der Waals surface area (Å²) in [5, 5.41) is 25.9. The Morgan fingerprint density at radius 2 is 1.14 bits per heavy atom. The Balaban J connectivity index is 0.000000158. The van der Waals surface area contributed by atoms with E-state index in [-0.39, 0.29) is 34.3 Å². The van der Waals surface area contributed by atoms with Crippen molar-refractivity contribution in [2.45, 2.75) is 32.8 Å². The van der Waals surface area contributed by atoms with Gasteiger partial charge < -0.3 is 37.9 Å². The minimum atomic E-state index is -3.71. The Bertz CT molecular complexity index is 3140. The number of carbonyl (C=O) groups excluding carboxylic acids is 3. The highest BCUT2D eigenvalue weighted by Gasteiger charge is 2.42. The molecule has 0 aliphatic heterocycles. The van der Waals surface area contributed by atoms with Crippen molar-refractivity contribution >= 4 is 70.1 Å². The number of rotatable bonds is 17. The number of alkyl halides is 3. The van der Waals surface area contributed by atoms with Crippen molar-refractivity contribution in [3.05, 3.63) is 159 Å². The van der Waals surface area contributed by atoms with E-state index in [1.165, 1.54) is 60.0 Å². The van der Waals surface area contributed by atoms with Crippen LogP contribution in [-0.4, -0.2) is 85.6 Å². The molecule has 9 rings (SSSR count). The van der Waals surface area contributed by atoms with E-state index in [0.29, 0.717) is 69.1 Å². The molecule has 0 fully saturated rings. The molecule has 0 saturated carbocycles. The summed E-state index contributed by atoms with van der Waals surface area (Å²) >= 11 is 2.05. The second-order valence-corrected chi connectivity index (χ2v) is 17.7.